The summed E-state index contributed by atoms with van der Waals surface area (Å²) in [5.41, 5.74) is 1.49. The topological polar surface area (TPSA) is 61.1 Å². The van der Waals surface area contributed by atoms with Crippen LogP contribution in [-0.4, -0.2) is 8.42 Å². The van der Waals surface area contributed by atoms with Gasteiger partial charge in [0.2, 0.25) is 9.84 Å². The number of pyridine rings is 1. The Morgan fingerprint density at radius 1 is 1.18 bits per heavy atom. The third kappa shape index (κ3) is 3.47. The number of nitrogens with zero attached hydrogens (tertiary/aromatic N) is 1. The summed E-state index contributed by atoms with van der Waals surface area (Å²) in [6, 6.07) is 12.2. The molecule has 0 bridgehead atoms. The summed E-state index contributed by atoms with van der Waals surface area (Å²) < 4.78 is 26.4. The lowest BCUT2D eigenvalue weighted by atomic mass is 10.1. The van der Waals surface area contributed by atoms with Gasteiger partial charge in [0, 0.05) is 12.1 Å². The van der Waals surface area contributed by atoms with E-state index < -0.39 is 15.1 Å². The van der Waals surface area contributed by atoms with E-state index in [-0.39, 0.29) is 5.03 Å². The summed E-state index contributed by atoms with van der Waals surface area (Å²) in [5, 5.41) is 11.1. The molecular weight excluding hydrogens is 298 g/mol. The lowest BCUT2D eigenvalue weighted by Crippen LogP contribution is -2.35. The summed E-state index contributed by atoms with van der Waals surface area (Å²) in [6.45, 7) is 3.80. The van der Waals surface area contributed by atoms with E-state index in [1.807, 2.05) is 37.3 Å². The minimum atomic E-state index is -3.73. The molecule has 2 rings (SSSR count). The zero-order chi connectivity index (χ0) is 16.2. The summed E-state index contributed by atoms with van der Waals surface area (Å²) in [6.07, 6.45) is 3.47. The van der Waals surface area contributed by atoms with E-state index in [2.05, 4.69) is 0 Å². The summed E-state index contributed by atoms with van der Waals surface area (Å²) in [7, 11) is -3.73. The average molecular weight is 319 g/mol. The van der Waals surface area contributed by atoms with Crippen LogP contribution in [0.5, 0.6) is 0 Å². The number of aromatic nitrogens is 1. The minimum Gasteiger partial charge on any atom is -0.618 e. The highest BCUT2D eigenvalue weighted by Gasteiger charge is 2.34. The molecular formula is C17H21NO3S. The van der Waals surface area contributed by atoms with Gasteiger partial charge in [-0.3, -0.25) is 0 Å². The first-order valence-electron chi connectivity index (χ1n) is 7.45. The molecule has 0 radical (unpaired) electrons. The Bertz CT molecular complexity index is 727. The molecule has 0 amide bonds. The normalized spacial score (nSPS) is 13.0. The van der Waals surface area contributed by atoms with E-state index in [1.165, 1.54) is 12.3 Å². The smallest absolute Gasteiger partial charge is 0.309 e. The van der Waals surface area contributed by atoms with Gasteiger partial charge in [0.25, 0.3) is 0 Å². The van der Waals surface area contributed by atoms with Crippen molar-refractivity contribution in [2.24, 2.45) is 0 Å². The van der Waals surface area contributed by atoms with Crippen LogP contribution in [0.15, 0.2) is 53.7 Å². The molecule has 0 aliphatic rings. The van der Waals surface area contributed by atoms with Crippen molar-refractivity contribution >= 4 is 9.84 Å². The minimum absolute atomic E-state index is 0.169. The molecule has 22 heavy (non-hydrogen) atoms. The second-order valence-corrected chi connectivity index (χ2v) is 7.53. The van der Waals surface area contributed by atoms with E-state index in [0.29, 0.717) is 11.2 Å². The first-order valence-corrected chi connectivity index (χ1v) is 9.00. The molecule has 1 heterocycles. The summed E-state index contributed by atoms with van der Waals surface area (Å²) in [4.78, 5) is 0. The van der Waals surface area contributed by atoms with Crippen molar-refractivity contribution in [2.75, 3.05) is 0 Å². The van der Waals surface area contributed by atoms with Crippen LogP contribution in [-0.2, 0) is 9.84 Å². The van der Waals surface area contributed by atoms with Crippen molar-refractivity contribution in [3.8, 4) is 0 Å². The Labute approximate surface area is 131 Å². The quantitative estimate of drug-likeness (QED) is 0.606. The van der Waals surface area contributed by atoms with E-state index >= 15 is 0 Å². The molecule has 4 nitrogen and oxygen atoms in total. The van der Waals surface area contributed by atoms with Crippen LogP contribution < -0.4 is 4.73 Å². The van der Waals surface area contributed by atoms with E-state index in [1.54, 1.807) is 13.0 Å². The second kappa shape index (κ2) is 6.92. The Kier molecular flexibility index (Phi) is 5.19. The van der Waals surface area contributed by atoms with Crippen molar-refractivity contribution in [1.82, 2.24) is 0 Å². The van der Waals surface area contributed by atoms with Crippen LogP contribution in [0.4, 0.5) is 0 Å². The molecule has 118 valence electrons. The molecule has 0 saturated carbocycles. The number of hydrogen-bond acceptors (Lipinski definition) is 3. The molecule has 2 aromatic rings. The van der Waals surface area contributed by atoms with Crippen LogP contribution in [0.25, 0.3) is 0 Å². The SMILES string of the molecule is CCCCC(c1ccccc1)S(=O)(=O)c1cc(C)cc[n+]1[O-]. The maximum atomic E-state index is 13.0. The van der Waals surface area contributed by atoms with Gasteiger partial charge in [0.05, 0.1) is 5.25 Å². The lowest BCUT2D eigenvalue weighted by Gasteiger charge is -2.17. The number of rotatable bonds is 6. The number of sulfone groups is 1. The van der Waals surface area contributed by atoms with Gasteiger partial charge in [0.15, 0.2) is 6.20 Å². The molecule has 0 fully saturated rings. The second-order valence-electron chi connectivity index (χ2n) is 5.45. The highest BCUT2D eigenvalue weighted by atomic mass is 32.2. The number of aryl methyl sites for hydroxylation is 1. The molecule has 0 N–H and O–H groups in total. The molecule has 5 heteroatoms. The zero-order valence-corrected chi connectivity index (χ0v) is 13.7. The van der Waals surface area contributed by atoms with Gasteiger partial charge in [-0.1, -0.05) is 50.1 Å². The van der Waals surface area contributed by atoms with Crippen molar-refractivity contribution in [3.63, 3.8) is 0 Å². The predicted molar refractivity (Wildman–Crippen MR) is 86.0 cm³/mol. The molecule has 1 aromatic heterocycles. The van der Waals surface area contributed by atoms with Gasteiger partial charge in [0.1, 0.15) is 0 Å². The largest absolute Gasteiger partial charge is 0.618 e. The van der Waals surface area contributed by atoms with Crippen molar-refractivity contribution in [2.45, 2.75) is 43.4 Å². The Morgan fingerprint density at radius 3 is 2.50 bits per heavy atom. The summed E-state index contributed by atoms with van der Waals surface area (Å²) >= 11 is 0. The van der Waals surface area contributed by atoms with Crippen LogP contribution in [0.2, 0.25) is 0 Å². The number of unbranched alkanes of at least 4 members (excludes halogenated alkanes) is 1. The third-order valence-corrected chi connectivity index (χ3v) is 5.84. The first-order chi connectivity index (χ1) is 10.5. The Hall–Kier alpha value is -1.88. The predicted octanol–water partition coefficient (Wildman–Crippen LogP) is 3.33. The van der Waals surface area contributed by atoms with E-state index in [9.17, 15) is 13.6 Å². The highest BCUT2D eigenvalue weighted by molar-refractivity contribution is 7.91. The van der Waals surface area contributed by atoms with Gasteiger partial charge in [-0.05, 0) is 24.5 Å². The number of hydrogen-bond donors (Lipinski definition) is 0. The molecule has 1 atom stereocenters. The van der Waals surface area contributed by atoms with E-state index in [0.717, 1.165) is 24.0 Å². The molecule has 0 aliphatic carbocycles. The molecule has 0 saturated heterocycles. The Balaban J connectivity index is 2.52. The van der Waals surface area contributed by atoms with Crippen LogP contribution in [0.3, 0.4) is 0 Å². The molecule has 1 aromatic carbocycles. The maximum Gasteiger partial charge on any atom is 0.309 e. The molecule has 0 spiro atoms. The van der Waals surface area contributed by atoms with Crippen molar-refractivity contribution in [1.29, 1.82) is 0 Å². The highest BCUT2D eigenvalue weighted by Crippen LogP contribution is 2.32. The first kappa shape index (κ1) is 16.5. The summed E-state index contributed by atoms with van der Waals surface area (Å²) in [5.74, 6) is 0. The third-order valence-electron chi connectivity index (χ3n) is 3.70. The van der Waals surface area contributed by atoms with Gasteiger partial charge in [-0.25, -0.2) is 8.42 Å². The standard InChI is InChI=1S/C17H21NO3S/c1-3-4-10-16(15-8-6-5-7-9-15)22(20,21)17-13-14(2)11-12-18(17)19/h5-9,11-13,16H,3-4,10H2,1-2H3. The van der Waals surface area contributed by atoms with Crippen molar-refractivity contribution < 1.29 is 13.1 Å². The van der Waals surface area contributed by atoms with Gasteiger partial charge in [-0.2, -0.15) is 4.73 Å². The van der Waals surface area contributed by atoms with E-state index in [4.69, 9.17) is 0 Å². The fourth-order valence-electron chi connectivity index (χ4n) is 2.48. The lowest BCUT2D eigenvalue weighted by molar-refractivity contribution is -0.646. The van der Waals surface area contributed by atoms with Crippen LogP contribution in [0, 0.1) is 12.1 Å². The molecule has 0 aliphatic heterocycles. The fourth-order valence-corrected chi connectivity index (χ4v) is 4.42. The number of benzene rings is 1. The molecule has 1 unspecified atom stereocenters. The van der Waals surface area contributed by atoms with Gasteiger partial charge < -0.3 is 5.21 Å². The average Bonchev–Trinajstić information content (AvgIpc) is 2.51. The van der Waals surface area contributed by atoms with Crippen LogP contribution in [0.1, 0.15) is 42.6 Å². The maximum absolute atomic E-state index is 13.0. The van der Waals surface area contributed by atoms with Gasteiger partial charge in [-0.15, -0.1) is 0 Å². The fraction of sp³-hybridized carbons (Fsp3) is 0.353. The monoisotopic (exact) mass is 319 g/mol. The Morgan fingerprint density at radius 2 is 1.86 bits per heavy atom. The van der Waals surface area contributed by atoms with Crippen LogP contribution >= 0.6 is 0 Å². The van der Waals surface area contributed by atoms with Crippen molar-refractivity contribution in [3.05, 3.63) is 65.0 Å². The zero-order valence-electron chi connectivity index (χ0n) is 12.9. The van der Waals surface area contributed by atoms with Gasteiger partial charge >= 0.3 is 5.03 Å².